The Bertz CT molecular complexity index is 2670. The Morgan fingerprint density at radius 2 is 1.32 bits per heavy atom. The third kappa shape index (κ3) is 11.0. The van der Waals surface area contributed by atoms with E-state index in [0.717, 1.165) is 12.1 Å². The smallest absolute Gasteiger partial charge is 0.744 e. The second-order valence-electron chi connectivity index (χ2n) is 9.66. The van der Waals surface area contributed by atoms with Gasteiger partial charge in [-0.2, -0.15) is 0 Å². The van der Waals surface area contributed by atoms with Crippen molar-refractivity contribution in [2.45, 2.75) is 25.9 Å². The van der Waals surface area contributed by atoms with Gasteiger partial charge in [-0.25, -0.2) is 43.7 Å². The molecule has 1 aliphatic heterocycles. The molecule has 0 aromatic heterocycles. The first-order valence-corrected chi connectivity index (χ1v) is 18.5. The number of aliphatic imine (C=N–C) groups is 2. The second-order valence-corrected chi connectivity index (χ2v) is 15.4. The molecule has 0 bridgehead atoms. The molecule has 1 unspecified atom stereocenters. The summed E-state index contributed by atoms with van der Waals surface area (Å²) in [7, 11) is -21.9. The molecule has 0 saturated heterocycles. The van der Waals surface area contributed by atoms with Crippen molar-refractivity contribution in [1.29, 1.82) is 0 Å². The van der Waals surface area contributed by atoms with Crippen LogP contribution in [0.2, 0.25) is 0 Å². The first-order chi connectivity index (χ1) is 22.5. The van der Waals surface area contributed by atoms with Crippen LogP contribution in [0.5, 0.6) is 11.5 Å². The number of rotatable bonds is 8. The van der Waals surface area contributed by atoms with Gasteiger partial charge in [-0.3, -0.25) is 0 Å². The van der Waals surface area contributed by atoms with Crippen LogP contribution in [-0.2, 0) is 40.5 Å². The number of nitrogens with two attached hydrogens (primary N) is 1. The summed E-state index contributed by atoms with van der Waals surface area (Å²) in [6.07, 6.45) is -1.46. The molecule has 53 heavy (non-hydrogen) atoms. The SMILES string of the molecule is NC1=NC(Nc2cc(S(=O)(=O)[O-])cc3cc(S(=O)(=O)[O-])c(N=Nc4cc(S(=O)(=O)[O-])c5cccc(S(=O)(=O)[O-])c5c4O)c(O)c23)N=C(Cl)N1.[Na+].[Na+].[Na+].[Na+]. The number of phenols is 2. The van der Waals surface area contributed by atoms with Crippen LogP contribution in [0.25, 0.3) is 21.5 Å². The largest absolute Gasteiger partial charge is 1.00 e. The zero-order chi connectivity index (χ0) is 36.4. The van der Waals surface area contributed by atoms with Crippen molar-refractivity contribution in [3.05, 3.63) is 42.5 Å². The quantitative estimate of drug-likeness (QED) is 0.0475. The number of halogens is 1. The van der Waals surface area contributed by atoms with Gasteiger partial charge in [-0.15, -0.1) is 10.2 Å². The van der Waals surface area contributed by atoms with Crippen LogP contribution < -0.4 is 135 Å². The van der Waals surface area contributed by atoms with Crippen molar-refractivity contribution >= 4 is 102 Å². The summed E-state index contributed by atoms with van der Waals surface area (Å²) in [6, 6.07) is 4.59. The molecule has 0 fully saturated rings. The number of benzene rings is 4. The maximum atomic E-state index is 12.3. The normalized spacial score (nSPS) is 14.8. The molecule has 0 spiro atoms. The van der Waals surface area contributed by atoms with Crippen molar-refractivity contribution in [2.75, 3.05) is 5.32 Å². The second kappa shape index (κ2) is 18.2. The summed E-state index contributed by atoms with van der Waals surface area (Å²) in [4.78, 5) is 2.86. The van der Waals surface area contributed by atoms with Gasteiger partial charge in [0.05, 0.1) is 25.3 Å². The van der Waals surface area contributed by atoms with Gasteiger partial charge in [0.1, 0.15) is 51.8 Å². The predicted octanol–water partition coefficient (Wildman–Crippen LogP) is -11.3. The molecular formula is C23H14ClN7Na4O14S4. The van der Waals surface area contributed by atoms with Crippen molar-refractivity contribution in [3.8, 4) is 11.5 Å². The summed E-state index contributed by atoms with van der Waals surface area (Å²) in [5.74, 6) is -2.80. The Hall–Kier alpha value is -0.730. The van der Waals surface area contributed by atoms with E-state index in [1.807, 2.05) is 0 Å². The first-order valence-electron chi connectivity index (χ1n) is 12.4. The van der Waals surface area contributed by atoms with Gasteiger partial charge in [-0.05, 0) is 47.3 Å². The molecule has 1 atom stereocenters. The van der Waals surface area contributed by atoms with Gasteiger partial charge in [0.2, 0.25) is 11.6 Å². The molecule has 1 aliphatic rings. The van der Waals surface area contributed by atoms with E-state index in [1.165, 1.54) is 0 Å². The number of hydrogen-bond acceptors (Lipinski definition) is 21. The summed E-state index contributed by atoms with van der Waals surface area (Å²) < 4.78 is 144. The number of nitrogens with one attached hydrogen (secondary N) is 2. The van der Waals surface area contributed by atoms with E-state index < -0.39 is 116 Å². The van der Waals surface area contributed by atoms with Gasteiger partial charge in [-0.1, -0.05) is 12.1 Å². The molecule has 0 saturated carbocycles. The minimum Gasteiger partial charge on any atom is -0.744 e. The number of aromatic hydroxyl groups is 2. The van der Waals surface area contributed by atoms with Crippen LogP contribution in [0.4, 0.5) is 17.1 Å². The van der Waals surface area contributed by atoms with E-state index in [4.69, 9.17) is 17.3 Å². The number of anilines is 1. The standard InChI is InChI=1S/C23H18ClN7O14S4.4Na/c24-21-27-22(25)29-23(28-21)26-11-6-9(46(34,35)36)4-8-5-15(49(43,44)45)18(20(33)16(8)11)31-30-12-7-14(48(40,41)42)10-2-1-3-13(47(37,38)39)17(10)19(12)32;;;;/h1-7,23,26,32-33H,(H,34,35,36)(H,37,38,39)(H,40,41,42)(H,43,44,45)(H3,25,27,28,29);;;;/q;4*+1/p-4. The van der Waals surface area contributed by atoms with Crippen LogP contribution >= 0.6 is 11.6 Å². The molecule has 0 radical (unpaired) electrons. The summed E-state index contributed by atoms with van der Waals surface area (Å²) in [5.41, 5.74) is 2.79. The Morgan fingerprint density at radius 3 is 1.85 bits per heavy atom. The molecule has 0 aliphatic carbocycles. The Kier molecular flexibility index (Phi) is 17.3. The molecule has 1 heterocycles. The molecule has 4 aromatic carbocycles. The number of azo groups is 1. The van der Waals surface area contributed by atoms with Crippen molar-refractivity contribution in [2.24, 2.45) is 25.9 Å². The van der Waals surface area contributed by atoms with Crippen molar-refractivity contribution in [1.82, 2.24) is 5.32 Å². The fourth-order valence-corrected chi connectivity index (χ4v) is 7.39. The van der Waals surface area contributed by atoms with Crippen LogP contribution in [0.3, 0.4) is 0 Å². The van der Waals surface area contributed by atoms with E-state index in [0.29, 0.717) is 30.3 Å². The third-order valence-corrected chi connectivity index (χ3v) is 10.1. The van der Waals surface area contributed by atoms with E-state index in [1.54, 1.807) is 0 Å². The van der Waals surface area contributed by atoms with Crippen LogP contribution in [0, 0.1) is 0 Å². The number of amidine groups is 1. The average Bonchev–Trinajstić information content (AvgIpc) is 2.94. The summed E-state index contributed by atoms with van der Waals surface area (Å²) >= 11 is 5.83. The van der Waals surface area contributed by atoms with Gasteiger partial charge < -0.3 is 44.8 Å². The maximum absolute atomic E-state index is 12.3. The monoisotopic (exact) mass is 867 g/mol. The van der Waals surface area contributed by atoms with Gasteiger partial charge >= 0.3 is 118 Å². The fraction of sp³-hybridized carbons (Fsp3) is 0.0435. The molecule has 21 nitrogen and oxygen atoms in total. The van der Waals surface area contributed by atoms with E-state index >= 15 is 0 Å². The van der Waals surface area contributed by atoms with E-state index in [9.17, 15) is 62.1 Å². The Labute approximate surface area is 393 Å². The Morgan fingerprint density at radius 1 is 0.736 bits per heavy atom. The third-order valence-electron chi connectivity index (χ3n) is 6.53. The van der Waals surface area contributed by atoms with Crippen LogP contribution in [-0.4, -0.2) is 79.6 Å². The zero-order valence-electron chi connectivity index (χ0n) is 27.3. The number of phenolic OH excluding ortho intramolecular Hbond substituents is 2. The maximum Gasteiger partial charge on any atom is 1.00 e. The fourth-order valence-electron chi connectivity index (χ4n) is 4.62. The minimum atomic E-state index is -5.68. The topological polar surface area (TPSA) is 369 Å². The summed E-state index contributed by atoms with van der Waals surface area (Å²) in [6.45, 7) is 0. The molecule has 5 rings (SSSR count). The number of nitrogens with zero attached hydrogens (tertiary/aromatic N) is 4. The van der Waals surface area contributed by atoms with Crippen LogP contribution in [0.1, 0.15) is 0 Å². The number of fused-ring (bicyclic) bond motifs is 2. The molecule has 260 valence electrons. The van der Waals surface area contributed by atoms with Crippen molar-refractivity contribution in [3.63, 3.8) is 0 Å². The molecule has 6 N–H and O–H groups in total. The van der Waals surface area contributed by atoms with Crippen molar-refractivity contribution < 1.29 is 180 Å². The molecule has 30 heteroatoms. The first kappa shape index (κ1) is 50.3. The predicted molar refractivity (Wildman–Crippen MR) is 163 cm³/mol. The van der Waals surface area contributed by atoms with Crippen LogP contribution in [0.15, 0.2) is 82.3 Å². The van der Waals surface area contributed by atoms with Gasteiger partial charge in [0.25, 0.3) is 0 Å². The van der Waals surface area contributed by atoms with Gasteiger partial charge in [0.15, 0.2) is 17.5 Å². The number of guanidine groups is 1. The molecule has 0 amide bonds. The van der Waals surface area contributed by atoms with E-state index in [2.05, 4.69) is 30.8 Å². The number of hydrogen-bond donors (Lipinski definition) is 5. The molecule has 4 aromatic rings. The Balaban J connectivity index is 0.00000351. The van der Waals surface area contributed by atoms with E-state index in [-0.39, 0.29) is 129 Å². The minimum absolute atomic E-state index is 0. The zero-order valence-corrected chi connectivity index (χ0v) is 39.3. The molecular weight excluding hydrogens is 854 g/mol. The van der Waals surface area contributed by atoms with Gasteiger partial charge in [0, 0.05) is 16.2 Å². The average molecular weight is 868 g/mol. The summed E-state index contributed by atoms with van der Waals surface area (Å²) in [5, 5.41) is 30.7.